The normalized spacial score (nSPS) is 22.7. The van der Waals surface area contributed by atoms with Crippen molar-refractivity contribution in [2.45, 2.75) is 52.5 Å². The van der Waals surface area contributed by atoms with Crippen LogP contribution in [-0.2, 0) is 11.3 Å². The van der Waals surface area contributed by atoms with E-state index in [1.807, 2.05) is 31.2 Å². The maximum Gasteiger partial charge on any atom is 0.241 e. The lowest BCUT2D eigenvalue weighted by atomic mass is 9.97. The molecule has 2 aliphatic heterocycles. The predicted molar refractivity (Wildman–Crippen MR) is 125 cm³/mol. The number of nitrogens with one attached hydrogen (secondary N) is 1. The van der Waals surface area contributed by atoms with Gasteiger partial charge in [-0.1, -0.05) is 36.3 Å². The van der Waals surface area contributed by atoms with Gasteiger partial charge in [-0.3, -0.25) is 9.69 Å². The third-order valence-electron chi connectivity index (χ3n) is 6.78. The molecule has 1 aromatic carbocycles. The minimum Gasteiger partial charge on any atom is -0.356 e. The SMILES string of the molecule is Cc1ccccc1-c1noc(CN2CCCC(C(=O)NCCCN3CCCC(C)C3)C2)n1. The van der Waals surface area contributed by atoms with Crippen LogP contribution in [-0.4, -0.2) is 65.1 Å². The predicted octanol–water partition coefficient (Wildman–Crippen LogP) is 3.50. The van der Waals surface area contributed by atoms with Gasteiger partial charge < -0.3 is 14.7 Å². The van der Waals surface area contributed by atoms with Gasteiger partial charge in [-0.2, -0.15) is 4.98 Å². The molecule has 3 heterocycles. The van der Waals surface area contributed by atoms with Gasteiger partial charge in [0.15, 0.2) is 0 Å². The summed E-state index contributed by atoms with van der Waals surface area (Å²) in [6.07, 6.45) is 5.64. The number of carbonyl (C=O) groups is 1. The number of aryl methyl sites for hydroxylation is 1. The van der Waals surface area contributed by atoms with Crippen molar-refractivity contribution in [2.75, 3.05) is 39.3 Å². The molecule has 0 bridgehead atoms. The fourth-order valence-electron chi connectivity index (χ4n) is 5.01. The minimum atomic E-state index is 0.0394. The van der Waals surface area contributed by atoms with Gasteiger partial charge >= 0.3 is 0 Å². The molecule has 7 nitrogen and oxygen atoms in total. The first-order valence-corrected chi connectivity index (χ1v) is 12.2. The van der Waals surface area contributed by atoms with Crippen molar-refractivity contribution in [3.63, 3.8) is 0 Å². The van der Waals surface area contributed by atoms with Crippen molar-refractivity contribution in [1.82, 2.24) is 25.3 Å². The third kappa shape index (κ3) is 6.17. The summed E-state index contributed by atoms with van der Waals surface area (Å²) in [5, 5.41) is 7.34. The Morgan fingerprint density at radius 1 is 1.16 bits per heavy atom. The molecular formula is C25H37N5O2. The molecule has 4 rings (SSSR count). The van der Waals surface area contributed by atoms with Crippen LogP contribution >= 0.6 is 0 Å². The van der Waals surface area contributed by atoms with Gasteiger partial charge in [0.25, 0.3) is 0 Å². The van der Waals surface area contributed by atoms with Crippen LogP contribution in [0, 0.1) is 18.8 Å². The molecule has 1 N–H and O–H groups in total. The zero-order valence-electron chi connectivity index (χ0n) is 19.6. The maximum atomic E-state index is 12.7. The van der Waals surface area contributed by atoms with Crippen molar-refractivity contribution in [2.24, 2.45) is 11.8 Å². The highest BCUT2D eigenvalue weighted by Crippen LogP contribution is 2.22. The van der Waals surface area contributed by atoms with Crippen molar-refractivity contribution in [1.29, 1.82) is 0 Å². The van der Waals surface area contributed by atoms with Crippen LogP contribution < -0.4 is 5.32 Å². The molecule has 2 unspecified atom stereocenters. The highest BCUT2D eigenvalue weighted by molar-refractivity contribution is 5.78. The lowest BCUT2D eigenvalue weighted by Gasteiger charge is -2.31. The molecule has 1 aromatic heterocycles. The average Bonchev–Trinajstić information content (AvgIpc) is 3.25. The fraction of sp³-hybridized carbons (Fsp3) is 0.640. The Hall–Kier alpha value is -2.25. The van der Waals surface area contributed by atoms with Crippen molar-refractivity contribution in [3.05, 3.63) is 35.7 Å². The van der Waals surface area contributed by atoms with Crippen molar-refractivity contribution in [3.8, 4) is 11.4 Å². The molecule has 1 amide bonds. The molecule has 2 saturated heterocycles. The number of aromatic nitrogens is 2. The highest BCUT2D eigenvalue weighted by Gasteiger charge is 2.27. The number of rotatable bonds is 8. The van der Waals surface area contributed by atoms with Gasteiger partial charge in [-0.25, -0.2) is 0 Å². The second kappa shape index (κ2) is 11.1. The molecule has 174 valence electrons. The molecule has 0 aliphatic carbocycles. The Labute approximate surface area is 191 Å². The number of likely N-dealkylation sites (tertiary alicyclic amines) is 2. The van der Waals surface area contributed by atoms with E-state index in [0.29, 0.717) is 18.3 Å². The van der Waals surface area contributed by atoms with Crippen LogP contribution in [0.3, 0.4) is 0 Å². The Balaban J connectivity index is 1.21. The molecule has 0 spiro atoms. The van der Waals surface area contributed by atoms with E-state index in [0.717, 1.165) is 62.5 Å². The first-order valence-electron chi connectivity index (χ1n) is 12.2. The van der Waals surface area contributed by atoms with E-state index < -0.39 is 0 Å². The lowest BCUT2D eigenvalue weighted by molar-refractivity contribution is -0.126. The Kier molecular flexibility index (Phi) is 7.92. The van der Waals surface area contributed by atoms with Crippen LogP contribution in [0.1, 0.15) is 50.5 Å². The summed E-state index contributed by atoms with van der Waals surface area (Å²) in [5.74, 6) is 2.27. The molecule has 0 radical (unpaired) electrons. The summed E-state index contributed by atoms with van der Waals surface area (Å²) < 4.78 is 5.51. The smallest absolute Gasteiger partial charge is 0.241 e. The van der Waals surface area contributed by atoms with Gasteiger partial charge in [0.2, 0.25) is 17.6 Å². The standard InChI is InChI=1S/C25H37N5O2/c1-19-8-5-13-29(16-19)15-7-12-26-25(31)21-10-6-14-30(17-21)18-23-27-24(28-32-23)22-11-4-3-9-20(22)2/h3-4,9,11,19,21H,5-8,10,12-18H2,1-2H3,(H,26,31). The summed E-state index contributed by atoms with van der Waals surface area (Å²) in [4.78, 5) is 22.1. The number of benzene rings is 1. The number of piperidine rings is 2. The summed E-state index contributed by atoms with van der Waals surface area (Å²) in [7, 11) is 0. The van der Waals surface area contributed by atoms with Crippen molar-refractivity contribution >= 4 is 5.91 Å². The zero-order chi connectivity index (χ0) is 22.3. The molecule has 2 atom stereocenters. The number of nitrogens with zero attached hydrogens (tertiary/aromatic N) is 4. The quantitative estimate of drug-likeness (QED) is 0.635. The van der Waals surface area contributed by atoms with Crippen LogP contribution in [0.15, 0.2) is 28.8 Å². The van der Waals surface area contributed by atoms with Crippen LogP contribution in [0.5, 0.6) is 0 Å². The molecule has 2 fully saturated rings. The lowest BCUT2D eigenvalue weighted by Crippen LogP contribution is -2.43. The fourth-order valence-corrected chi connectivity index (χ4v) is 5.01. The van der Waals surface area contributed by atoms with Gasteiger partial charge in [0.05, 0.1) is 12.5 Å². The van der Waals surface area contributed by atoms with E-state index >= 15 is 0 Å². The summed E-state index contributed by atoms with van der Waals surface area (Å²) in [6, 6.07) is 8.05. The van der Waals surface area contributed by atoms with Gasteiger partial charge in [-0.15, -0.1) is 0 Å². The monoisotopic (exact) mass is 439 g/mol. The van der Waals surface area contributed by atoms with E-state index in [2.05, 4.69) is 32.2 Å². The number of amides is 1. The maximum absolute atomic E-state index is 12.7. The summed E-state index contributed by atoms with van der Waals surface area (Å²) in [5.41, 5.74) is 2.13. The molecule has 32 heavy (non-hydrogen) atoms. The average molecular weight is 440 g/mol. The second-order valence-electron chi connectivity index (χ2n) is 9.59. The van der Waals surface area contributed by atoms with Gasteiger partial charge in [0.1, 0.15) is 0 Å². The minimum absolute atomic E-state index is 0.0394. The van der Waals surface area contributed by atoms with E-state index in [1.54, 1.807) is 0 Å². The molecule has 2 aliphatic rings. The van der Waals surface area contributed by atoms with Crippen LogP contribution in [0.2, 0.25) is 0 Å². The van der Waals surface area contributed by atoms with E-state index in [9.17, 15) is 4.79 Å². The van der Waals surface area contributed by atoms with E-state index in [-0.39, 0.29) is 11.8 Å². The molecular weight excluding hydrogens is 402 g/mol. The van der Waals surface area contributed by atoms with Crippen LogP contribution in [0.25, 0.3) is 11.4 Å². The molecule has 2 aromatic rings. The topological polar surface area (TPSA) is 74.5 Å². The molecule has 0 saturated carbocycles. The number of carbonyl (C=O) groups excluding carboxylic acids is 1. The van der Waals surface area contributed by atoms with Crippen molar-refractivity contribution < 1.29 is 9.32 Å². The Bertz CT molecular complexity index is 883. The Morgan fingerprint density at radius 2 is 1.97 bits per heavy atom. The first kappa shape index (κ1) is 22.9. The number of hydrogen-bond donors (Lipinski definition) is 1. The summed E-state index contributed by atoms with van der Waals surface area (Å²) in [6.45, 7) is 10.9. The number of hydrogen-bond acceptors (Lipinski definition) is 6. The zero-order valence-corrected chi connectivity index (χ0v) is 19.6. The second-order valence-corrected chi connectivity index (χ2v) is 9.59. The largest absolute Gasteiger partial charge is 0.356 e. The highest BCUT2D eigenvalue weighted by atomic mass is 16.5. The molecule has 7 heteroatoms. The van der Waals surface area contributed by atoms with E-state index in [1.165, 1.54) is 25.9 Å². The van der Waals surface area contributed by atoms with E-state index in [4.69, 9.17) is 4.52 Å². The third-order valence-corrected chi connectivity index (χ3v) is 6.78. The van der Waals surface area contributed by atoms with Gasteiger partial charge in [0, 0.05) is 25.2 Å². The van der Waals surface area contributed by atoms with Crippen LogP contribution in [0.4, 0.5) is 0 Å². The first-order chi connectivity index (χ1) is 15.6. The Morgan fingerprint density at radius 3 is 2.81 bits per heavy atom. The van der Waals surface area contributed by atoms with Gasteiger partial charge in [-0.05, 0) is 70.1 Å². The summed E-state index contributed by atoms with van der Waals surface area (Å²) >= 11 is 0.